The number of hydrogen-bond acceptors (Lipinski definition) is 4. The molecule has 1 fully saturated rings. The van der Waals surface area contributed by atoms with E-state index in [4.69, 9.17) is 0 Å². The first-order chi connectivity index (χ1) is 4.66. The van der Waals surface area contributed by atoms with E-state index in [1.54, 1.807) is 0 Å². The summed E-state index contributed by atoms with van der Waals surface area (Å²) in [4.78, 5) is 0. The first-order valence-corrected chi connectivity index (χ1v) is 5.31. The van der Waals surface area contributed by atoms with E-state index in [9.17, 15) is 25.6 Å². The molecule has 0 aromatic carbocycles. The fraction of sp³-hybridized carbons (Fsp3) is 1.00. The molecule has 1 heterocycles. The summed E-state index contributed by atoms with van der Waals surface area (Å²) in [5.74, 6) is -1.75. The number of rotatable bonds is 0. The molecule has 0 radical (unpaired) electrons. The van der Waals surface area contributed by atoms with Gasteiger partial charge in [-0.05, 0) is 0 Å². The van der Waals surface area contributed by atoms with Crippen molar-refractivity contribution in [3.63, 3.8) is 0 Å². The van der Waals surface area contributed by atoms with Crippen LogP contribution in [-0.4, -0.2) is 27.8 Å². The Bertz CT molecular complexity index is 372. The van der Waals surface area contributed by atoms with E-state index in [0.29, 0.717) is 0 Å². The Morgan fingerprint density at radius 2 is 1.58 bits per heavy atom. The molecule has 0 spiro atoms. The van der Waals surface area contributed by atoms with Gasteiger partial charge in [0, 0.05) is 0 Å². The van der Waals surface area contributed by atoms with Crippen molar-refractivity contribution >= 4 is 20.0 Å². The average molecular weight is 213 g/mol. The Hall–Kier alpha value is 0.317. The summed E-state index contributed by atoms with van der Waals surface area (Å²) in [7, 11) is -9.60. The molecule has 66 valence electrons. The summed E-state index contributed by atoms with van der Waals surface area (Å²) < 4.78 is 67.2. The molecule has 0 N–H and O–H groups in total. The van der Waals surface area contributed by atoms with Gasteiger partial charge >= 0.3 is 24.1 Å². The van der Waals surface area contributed by atoms with Gasteiger partial charge in [0.2, 0.25) is 0 Å². The molecule has 0 bridgehead atoms. The molecule has 0 aromatic heterocycles. The maximum absolute atomic E-state index is 12.2. The fourth-order valence-corrected chi connectivity index (χ4v) is 3.83. The van der Waals surface area contributed by atoms with Crippen molar-refractivity contribution in [1.29, 1.82) is 0 Å². The molecule has 12 heavy (non-hydrogen) atoms. The molecule has 0 atom stereocenters. The minimum atomic E-state index is -5.13. The first-order valence-electron chi connectivity index (χ1n) is 2.26. The molecular formula is C2H2F2LiNO4S2. The van der Waals surface area contributed by atoms with Crippen molar-refractivity contribution in [2.45, 2.75) is 5.25 Å². The second-order valence-electron chi connectivity index (χ2n) is 1.91. The van der Waals surface area contributed by atoms with Gasteiger partial charge in [-0.3, -0.25) is 0 Å². The molecule has 1 aliphatic heterocycles. The van der Waals surface area contributed by atoms with Crippen molar-refractivity contribution in [3.8, 4) is 0 Å². The van der Waals surface area contributed by atoms with Gasteiger partial charge in [-0.2, -0.15) is 8.78 Å². The van der Waals surface area contributed by atoms with Crippen LogP contribution < -0.4 is 18.9 Å². The fourth-order valence-electron chi connectivity index (χ4n) is 0.517. The van der Waals surface area contributed by atoms with Crippen LogP contribution in [0, 0.1) is 0 Å². The van der Waals surface area contributed by atoms with Crippen LogP contribution in [0.1, 0.15) is 0 Å². The maximum Gasteiger partial charge on any atom is 1.00 e. The van der Waals surface area contributed by atoms with Crippen molar-refractivity contribution in [1.82, 2.24) is 0 Å². The molecule has 5 nitrogen and oxygen atoms in total. The van der Waals surface area contributed by atoms with Crippen LogP contribution in [0.5, 0.6) is 0 Å². The van der Waals surface area contributed by atoms with Crippen LogP contribution in [0.4, 0.5) is 8.78 Å². The summed E-state index contributed by atoms with van der Waals surface area (Å²) in [6.45, 7) is 0. The van der Waals surface area contributed by atoms with Crippen molar-refractivity contribution < 1.29 is 44.5 Å². The molecule has 1 saturated heterocycles. The molecular weight excluding hydrogens is 211 g/mol. The Labute approximate surface area is 79.8 Å². The van der Waals surface area contributed by atoms with E-state index in [1.165, 1.54) is 0 Å². The topological polar surface area (TPSA) is 82.4 Å². The predicted molar refractivity (Wildman–Crippen MR) is 31.0 cm³/mol. The largest absolute Gasteiger partial charge is 1.00 e. The predicted octanol–water partition coefficient (Wildman–Crippen LogP) is -3.37. The van der Waals surface area contributed by atoms with Crippen LogP contribution in [0.25, 0.3) is 4.13 Å². The van der Waals surface area contributed by atoms with E-state index in [2.05, 4.69) is 0 Å². The van der Waals surface area contributed by atoms with Gasteiger partial charge in [0.25, 0.3) is 0 Å². The quantitative estimate of drug-likeness (QED) is 0.393. The number of sulfonamides is 2. The van der Waals surface area contributed by atoms with Gasteiger partial charge < -0.3 is 4.13 Å². The zero-order valence-electron chi connectivity index (χ0n) is 5.86. The molecule has 0 aromatic rings. The Morgan fingerprint density at radius 1 is 1.17 bits per heavy atom. The van der Waals surface area contributed by atoms with Gasteiger partial charge in [0.15, 0.2) is 0 Å². The number of halogens is 2. The van der Waals surface area contributed by atoms with Crippen molar-refractivity contribution in [2.24, 2.45) is 0 Å². The maximum atomic E-state index is 12.2. The van der Waals surface area contributed by atoms with Crippen LogP contribution in [0.2, 0.25) is 0 Å². The molecule has 1 aliphatic rings. The molecule has 10 heteroatoms. The van der Waals surface area contributed by atoms with Gasteiger partial charge in [0.05, 0.1) is 10.0 Å². The molecule has 0 saturated carbocycles. The zero-order chi connectivity index (χ0) is 8.91. The van der Waals surface area contributed by atoms with E-state index in [-0.39, 0.29) is 18.9 Å². The minimum absolute atomic E-state index is 0. The SMILES string of the molecule is O=S1(=O)CC(F)(F)S(=O)(=O)[N-]1.[Li+]. The van der Waals surface area contributed by atoms with Crippen LogP contribution in [0.15, 0.2) is 0 Å². The molecule has 0 amide bonds. The van der Waals surface area contributed by atoms with Crippen molar-refractivity contribution in [2.75, 3.05) is 5.75 Å². The van der Waals surface area contributed by atoms with E-state index in [0.717, 1.165) is 0 Å². The third-order valence-corrected chi connectivity index (χ3v) is 4.44. The second kappa shape index (κ2) is 2.92. The average Bonchev–Trinajstić information content (AvgIpc) is 1.66. The minimum Gasteiger partial charge on any atom is -0.431 e. The summed E-state index contributed by atoms with van der Waals surface area (Å²) in [6.07, 6.45) is 0. The smallest absolute Gasteiger partial charge is 0.431 e. The van der Waals surface area contributed by atoms with Crippen LogP contribution in [-0.2, 0) is 20.0 Å². The normalized spacial score (nSPS) is 29.2. The standard InChI is InChI=1S/C2H2F2NO4S2.Li/c3-2(4)1-10(6,7)5-11(2,8)9;/h1H2;/q-1;+1. The summed E-state index contributed by atoms with van der Waals surface area (Å²) in [6, 6.07) is 0. The number of nitrogens with zero attached hydrogens (tertiary/aromatic N) is 1. The third kappa shape index (κ3) is 1.97. The Balaban J connectivity index is 0.00000121. The third-order valence-electron chi connectivity index (χ3n) is 0.940. The van der Waals surface area contributed by atoms with E-state index in [1.807, 2.05) is 4.13 Å². The summed E-state index contributed by atoms with van der Waals surface area (Å²) in [5, 5.41) is -4.26. The summed E-state index contributed by atoms with van der Waals surface area (Å²) in [5.41, 5.74) is 0. The van der Waals surface area contributed by atoms with Crippen LogP contribution in [0.3, 0.4) is 0 Å². The van der Waals surface area contributed by atoms with Gasteiger partial charge in [-0.1, -0.05) is 0 Å². The van der Waals surface area contributed by atoms with Gasteiger partial charge in [0.1, 0.15) is 15.8 Å². The summed E-state index contributed by atoms with van der Waals surface area (Å²) >= 11 is 0. The van der Waals surface area contributed by atoms with E-state index < -0.39 is 31.1 Å². The first kappa shape index (κ1) is 12.3. The molecule has 0 aliphatic carbocycles. The van der Waals surface area contributed by atoms with Crippen LogP contribution >= 0.6 is 0 Å². The molecule has 1 rings (SSSR count). The van der Waals surface area contributed by atoms with Gasteiger partial charge in [-0.25, -0.2) is 16.8 Å². The Morgan fingerprint density at radius 3 is 1.67 bits per heavy atom. The monoisotopic (exact) mass is 213 g/mol. The zero-order valence-corrected chi connectivity index (χ0v) is 7.49. The molecule has 0 unspecified atom stereocenters. The number of alkyl halides is 2. The van der Waals surface area contributed by atoms with Gasteiger partial charge in [-0.15, -0.1) is 0 Å². The second-order valence-corrected chi connectivity index (χ2v) is 5.51. The van der Waals surface area contributed by atoms with E-state index >= 15 is 0 Å². The van der Waals surface area contributed by atoms with Crippen molar-refractivity contribution in [3.05, 3.63) is 4.13 Å². The number of hydrogen-bond donors (Lipinski definition) is 0. The Kier molecular flexibility index (Phi) is 3.00.